The van der Waals surface area contributed by atoms with Crippen molar-refractivity contribution in [3.05, 3.63) is 57.6 Å². The van der Waals surface area contributed by atoms with E-state index < -0.39 is 0 Å². The quantitative estimate of drug-likeness (QED) is 0.787. The molecule has 18 heavy (non-hydrogen) atoms. The maximum absolute atomic E-state index is 12.3. The lowest BCUT2D eigenvalue weighted by Crippen LogP contribution is -2.29. The average molecular weight is 355 g/mol. The minimum atomic E-state index is -0.0784. The highest BCUT2D eigenvalue weighted by molar-refractivity contribution is 14.1. The van der Waals surface area contributed by atoms with Crippen molar-refractivity contribution in [1.82, 2.24) is 4.90 Å². The Bertz CT molecular complexity index is 536. The summed E-state index contributed by atoms with van der Waals surface area (Å²) in [6.07, 6.45) is 1.62. The SMILES string of the molecule is CC(c1ccco1)N(C)C(=O)c1cccc(I)c1. The molecule has 1 amide bonds. The van der Waals surface area contributed by atoms with Crippen molar-refractivity contribution in [3.63, 3.8) is 0 Å². The number of nitrogens with zero attached hydrogens (tertiary/aromatic N) is 1. The molecular formula is C14H14INO2. The molecule has 4 heteroatoms. The molecule has 2 aromatic rings. The van der Waals surface area contributed by atoms with Crippen LogP contribution in [0.25, 0.3) is 0 Å². The molecule has 1 aromatic carbocycles. The van der Waals surface area contributed by atoms with Gasteiger partial charge in [-0.15, -0.1) is 0 Å². The molecule has 0 aliphatic rings. The number of rotatable bonds is 3. The third-order valence-corrected chi connectivity index (χ3v) is 3.60. The molecule has 0 spiro atoms. The minimum absolute atomic E-state index is 0.00239. The van der Waals surface area contributed by atoms with Crippen LogP contribution in [0.15, 0.2) is 47.1 Å². The molecule has 1 unspecified atom stereocenters. The Kier molecular flexibility index (Phi) is 4.06. The molecule has 0 bridgehead atoms. The Hall–Kier alpha value is -1.30. The first kappa shape index (κ1) is 13.1. The first-order chi connectivity index (χ1) is 8.59. The summed E-state index contributed by atoms with van der Waals surface area (Å²) < 4.78 is 6.38. The number of amides is 1. The van der Waals surface area contributed by atoms with Crippen molar-refractivity contribution in [2.24, 2.45) is 0 Å². The Morgan fingerprint density at radius 1 is 1.33 bits per heavy atom. The Morgan fingerprint density at radius 2 is 2.11 bits per heavy atom. The van der Waals surface area contributed by atoms with E-state index in [0.29, 0.717) is 5.56 Å². The maximum Gasteiger partial charge on any atom is 0.254 e. The molecule has 0 saturated carbocycles. The first-order valence-electron chi connectivity index (χ1n) is 5.65. The van der Waals surface area contributed by atoms with Crippen LogP contribution >= 0.6 is 22.6 Å². The van der Waals surface area contributed by atoms with Gasteiger partial charge in [0.2, 0.25) is 0 Å². The molecule has 0 saturated heterocycles. The Labute approximate surface area is 120 Å². The largest absolute Gasteiger partial charge is 0.467 e. The molecule has 0 aliphatic carbocycles. The molecule has 0 N–H and O–H groups in total. The summed E-state index contributed by atoms with van der Waals surface area (Å²) in [6.45, 7) is 1.95. The normalized spacial score (nSPS) is 12.2. The van der Waals surface area contributed by atoms with Gasteiger partial charge in [0.25, 0.3) is 5.91 Å². The third kappa shape index (κ3) is 2.75. The second kappa shape index (κ2) is 5.56. The smallest absolute Gasteiger partial charge is 0.254 e. The minimum Gasteiger partial charge on any atom is -0.467 e. The number of furan rings is 1. The fourth-order valence-electron chi connectivity index (χ4n) is 1.72. The first-order valence-corrected chi connectivity index (χ1v) is 6.73. The van der Waals surface area contributed by atoms with Crippen LogP contribution in [-0.4, -0.2) is 17.9 Å². The highest BCUT2D eigenvalue weighted by Crippen LogP contribution is 2.21. The Balaban J connectivity index is 2.19. The van der Waals surface area contributed by atoms with Gasteiger partial charge in [-0.1, -0.05) is 6.07 Å². The van der Waals surface area contributed by atoms with Crippen LogP contribution in [-0.2, 0) is 0 Å². The zero-order chi connectivity index (χ0) is 13.1. The van der Waals surface area contributed by atoms with Gasteiger partial charge in [-0.3, -0.25) is 4.79 Å². The number of halogens is 1. The van der Waals surface area contributed by atoms with E-state index in [1.807, 2.05) is 43.3 Å². The molecule has 1 heterocycles. The molecule has 94 valence electrons. The molecule has 1 atom stereocenters. The van der Waals surface area contributed by atoms with Crippen LogP contribution < -0.4 is 0 Å². The standard InChI is InChI=1S/C14H14INO2/c1-10(13-7-4-8-18-13)16(2)14(17)11-5-3-6-12(15)9-11/h3-10H,1-2H3. The lowest BCUT2D eigenvalue weighted by Gasteiger charge is -2.23. The second-order valence-electron chi connectivity index (χ2n) is 4.12. The average Bonchev–Trinajstić information content (AvgIpc) is 2.90. The van der Waals surface area contributed by atoms with E-state index in [1.165, 1.54) is 0 Å². The van der Waals surface area contributed by atoms with Crippen LogP contribution in [0.4, 0.5) is 0 Å². The number of carbonyl (C=O) groups is 1. The van der Waals surface area contributed by atoms with Crippen molar-refractivity contribution in [3.8, 4) is 0 Å². The molecule has 0 radical (unpaired) electrons. The number of hydrogen-bond acceptors (Lipinski definition) is 2. The topological polar surface area (TPSA) is 33.5 Å². The summed E-state index contributed by atoms with van der Waals surface area (Å²) in [5, 5.41) is 0. The predicted octanol–water partition coefficient (Wildman–Crippen LogP) is 3.72. The number of benzene rings is 1. The van der Waals surface area contributed by atoms with Gasteiger partial charge in [-0.25, -0.2) is 0 Å². The fourth-order valence-corrected chi connectivity index (χ4v) is 2.26. The molecule has 0 fully saturated rings. The molecular weight excluding hydrogens is 341 g/mol. The number of carbonyl (C=O) groups excluding carboxylic acids is 1. The van der Waals surface area contributed by atoms with Crippen LogP contribution in [0.1, 0.15) is 29.1 Å². The van der Waals surface area contributed by atoms with Gasteiger partial charge in [0.1, 0.15) is 5.76 Å². The highest BCUT2D eigenvalue weighted by Gasteiger charge is 2.20. The van der Waals surface area contributed by atoms with Crippen molar-refractivity contribution in [2.45, 2.75) is 13.0 Å². The van der Waals surface area contributed by atoms with E-state index in [1.54, 1.807) is 18.2 Å². The fraction of sp³-hybridized carbons (Fsp3) is 0.214. The van der Waals surface area contributed by atoms with Gasteiger partial charge in [0.05, 0.1) is 12.3 Å². The molecule has 3 nitrogen and oxygen atoms in total. The van der Waals surface area contributed by atoms with Crippen LogP contribution in [0.5, 0.6) is 0 Å². The molecule has 1 aromatic heterocycles. The zero-order valence-electron chi connectivity index (χ0n) is 10.3. The van der Waals surface area contributed by atoms with Gasteiger partial charge < -0.3 is 9.32 Å². The van der Waals surface area contributed by atoms with Gasteiger partial charge in [0, 0.05) is 16.2 Å². The van der Waals surface area contributed by atoms with Gasteiger partial charge in [-0.05, 0) is 59.8 Å². The van der Waals surface area contributed by atoms with Crippen molar-refractivity contribution < 1.29 is 9.21 Å². The third-order valence-electron chi connectivity index (χ3n) is 2.93. The van der Waals surface area contributed by atoms with E-state index in [4.69, 9.17) is 4.42 Å². The Morgan fingerprint density at radius 3 is 2.72 bits per heavy atom. The molecule has 0 aliphatic heterocycles. The summed E-state index contributed by atoms with van der Waals surface area (Å²) in [7, 11) is 1.79. The van der Waals surface area contributed by atoms with E-state index in [0.717, 1.165) is 9.33 Å². The highest BCUT2D eigenvalue weighted by atomic mass is 127. The summed E-state index contributed by atoms with van der Waals surface area (Å²) in [4.78, 5) is 14.0. The van der Waals surface area contributed by atoms with Crippen LogP contribution in [0, 0.1) is 3.57 Å². The predicted molar refractivity (Wildman–Crippen MR) is 78.4 cm³/mol. The van der Waals surface area contributed by atoms with Crippen molar-refractivity contribution >= 4 is 28.5 Å². The lowest BCUT2D eigenvalue weighted by molar-refractivity contribution is 0.0726. The van der Waals surface area contributed by atoms with Crippen LogP contribution in [0.3, 0.4) is 0 Å². The van der Waals surface area contributed by atoms with E-state index in [-0.39, 0.29) is 11.9 Å². The van der Waals surface area contributed by atoms with Crippen molar-refractivity contribution in [1.29, 1.82) is 0 Å². The summed E-state index contributed by atoms with van der Waals surface area (Å²) >= 11 is 2.20. The van der Waals surface area contributed by atoms with E-state index >= 15 is 0 Å². The van der Waals surface area contributed by atoms with Gasteiger partial charge >= 0.3 is 0 Å². The maximum atomic E-state index is 12.3. The van der Waals surface area contributed by atoms with Crippen molar-refractivity contribution in [2.75, 3.05) is 7.05 Å². The zero-order valence-corrected chi connectivity index (χ0v) is 12.4. The monoisotopic (exact) mass is 355 g/mol. The summed E-state index contributed by atoms with van der Waals surface area (Å²) in [5.41, 5.74) is 0.697. The van der Waals surface area contributed by atoms with Crippen LogP contribution in [0.2, 0.25) is 0 Å². The second-order valence-corrected chi connectivity index (χ2v) is 5.36. The number of hydrogen-bond donors (Lipinski definition) is 0. The summed E-state index contributed by atoms with van der Waals surface area (Å²) in [5.74, 6) is 0.786. The molecule has 2 rings (SSSR count). The van der Waals surface area contributed by atoms with Gasteiger partial charge in [-0.2, -0.15) is 0 Å². The lowest BCUT2D eigenvalue weighted by atomic mass is 10.1. The summed E-state index contributed by atoms with van der Waals surface area (Å²) in [6, 6.07) is 11.2. The van der Waals surface area contributed by atoms with Gasteiger partial charge in [0.15, 0.2) is 0 Å². The van der Waals surface area contributed by atoms with E-state index in [9.17, 15) is 4.79 Å². The van der Waals surface area contributed by atoms with E-state index in [2.05, 4.69) is 22.6 Å².